The number of nitrogens with zero attached hydrogens (tertiary/aromatic N) is 2. The summed E-state index contributed by atoms with van der Waals surface area (Å²) in [4.78, 5) is 11.8. The third-order valence-corrected chi connectivity index (χ3v) is 2.97. The number of nitrogens with two attached hydrogens (primary N) is 1. The molecule has 6 nitrogen and oxygen atoms in total. The van der Waals surface area contributed by atoms with Crippen molar-refractivity contribution >= 4 is 5.91 Å². The number of rotatable bonds is 5. The van der Waals surface area contributed by atoms with Crippen molar-refractivity contribution in [1.29, 1.82) is 0 Å². The fourth-order valence-corrected chi connectivity index (χ4v) is 1.82. The molecule has 0 bridgehead atoms. The number of hydrogen-bond donors (Lipinski definition) is 2. The van der Waals surface area contributed by atoms with Crippen LogP contribution in [0.5, 0.6) is 5.75 Å². The molecule has 0 aromatic heterocycles. The molecule has 0 saturated heterocycles. The van der Waals surface area contributed by atoms with E-state index < -0.39 is 17.7 Å². The lowest BCUT2D eigenvalue weighted by Gasteiger charge is -2.16. The van der Waals surface area contributed by atoms with Crippen LogP contribution in [-0.4, -0.2) is 32.3 Å². The van der Waals surface area contributed by atoms with Crippen LogP contribution in [0, 0.1) is 0 Å². The molecule has 1 heterocycles. The molecule has 0 atom stereocenters. The average Bonchev–Trinajstić information content (AvgIpc) is 3.25. The quantitative estimate of drug-likeness (QED) is 0.865. The number of alkyl halides is 3. The largest absolute Gasteiger partial charge is 0.496 e. The van der Waals surface area contributed by atoms with Gasteiger partial charge in [0.15, 0.2) is 0 Å². The van der Waals surface area contributed by atoms with Crippen LogP contribution < -0.4 is 15.8 Å². The predicted molar refractivity (Wildman–Crippen MR) is 67.0 cm³/mol. The Morgan fingerprint density at radius 2 is 2.10 bits per heavy atom. The van der Waals surface area contributed by atoms with E-state index in [2.05, 4.69) is 15.5 Å². The van der Waals surface area contributed by atoms with E-state index in [4.69, 9.17) is 10.5 Å². The smallest absolute Gasteiger partial charge is 0.442 e. The first kappa shape index (κ1) is 15.2. The monoisotopic (exact) mass is 302 g/mol. The minimum absolute atomic E-state index is 0.0166. The molecule has 0 radical (unpaired) electrons. The van der Waals surface area contributed by atoms with Crippen molar-refractivity contribution in [1.82, 2.24) is 5.32 Å². The van der Waals surface area contributed by atoms with Crippen LogP contribution in [0.1, 0.15) is 15.9 Å². The van der Waals surface area contributed by atoms with Gasteiger partial charge in [0, 0.05) is 18.7 Å². The Hall–Kier alpha value is -2.16. The predicted octanol–water partition coefficient (Wildman–Crippen LogP) is 1.56. The summed E-state index contributed by atoms with van der Waals surface area (Å²) in [6.07, 6.45) is -4.62. The van der Waals surface area contributed by atoms with Crippen molar-refractivity contribution in [2.45, 2.75) is 11.8 Å². The van der Waals surface area contributed by atoms with Crippen LogP contribution in [0.2, 0.25) is 0 Å². The summed E-state index contributed by atoms with van der Waals surface area (Å²) in [7, 11) is 1.26. The third kappa shape index (κ3) is 2.68. The van der Waals surface area contributed by atoms with Gasteiger partial charge in [-0.3, -0.25) is 4.79 Å². The molecule has 1 aromatic carbocycles. The molecule has 114 valence electrons. The van der Waals surface area contributed by atoms with E-state index >= 15 is 0 Å². The zero-order valence-electron chi connectivity index (χ0n) is 11.1. The third-order valence-electron chi connectivity index (χ3n) is 2.97. The Morgan fingerprint density at radius 3 is 2.57 bits per heavy atom. The van der Waals surface area contributed by atoms with Gasteiger partial charge < -0.3 is 15.8 Å². The number of benzene rings is 1. The van der Waals surface area contributed by atoms with Gasteiger partial charge in [0.25, 0.3) is 5.91 Å². The van der Waals surface area contributed by atoms with Gasteiger partial charge in [-0.15, -0.1) is 10.2 Å². The summed E-state index contributed by atoms with van der Waals surface area (Å²) in [5, 5.41) is 8.72. The molecule has 0 unspecified atom stereocenters. The van der Waals surface area contributed by atoms with Crippen LogP contribution >= 0.6 is 0 Å². The van der Waals surface area contributed by atoms with Crippen molar-refractivity contribution in [3.63, 3.8) is 0 Å². The van der Waals surface area contributed by atoms with Gasteiger partial charge in [-0.2, -0.15) is 13.2 Å². The minimum atomic E-state index is -4.62. The number of carbonyl (C=O) groups is 1. The van der Waals surface area contributed by atoms with Crippen LogP contribution in [0.3, 0.4) is 0 Å². The van der Waals surface area contributed by atoms with Gasteiger partial charge in [-0.1, -0.05) is 6.07 Å². The van der Waals surface area contributed by atoms with Crippen molar-refractivity contribution < 1.29 is 22.7 Å². The summed E-state index contributed by atoms with van der Waals surface area (Å²) < 4.78 is 43.7. The van der Waals surface area contributed by atoms with Gasteiger partial charge in [0.1, 0.15) is 5.75 Å². The Morgan fingerprint density at radius 1 is 1.43 bits per heavy atom. The maximum absolute atomic E-state index is 12.9. The summed E-state index contributed by atoms with van der Waals surface area (Å²) >= 11 is 0. The zero-order chi connectivity index (χ0) is 15.7. The molecule has 1 amide bonds. The Labute approximate surface area is 118 Å². The average molecular weight is 302 g/mol. The van der Waals surface area contributed by atoms with Crippen molar-refractivity contribution in [3.05, 3.63) is 29.3 Å². The molecule has 1 aliphatic rings. The summed E-state index contributed by atoms with van der Waals surface area (Å²) in [5.41, 5.74) is 2.66. The number of carbonyl (C=O) groups excluding carboxylic acids is 1. The maximum Gasteiger partial charge on any atom is 0.442 e. The Balaban J connectivity index is 2.31. The molecule has 21 heavy (non-hydrogen) atoms. The molecule has 0 spiro atoms. The molecule has 0 fully saturated rings. The van der Waals surface area contributed by atoms with Crippen LogP contribution in [0.25, 0.3) is 0 Å². The number of hydrogen-bond acceptors (Lipinski definition) is 5. The molecule has 3 N–H and O–H groups in total. The van der Waals surface area contributed by atoms with E-state index in [0.717, 1.165) is 12.1 Å². The summed E-state index contributed by atoms with van der Waals surface area (Å²) in [6, 6.07) is 3.52. The number of amides is 1. The second kappa shape index (κ2) is 5.32. The van der Waals surface area contributed by atoms with Gasteiger partial charge in [0.2, 0.25) is 0 Å². The van der Waals surface area contributed by atoms with Crippen LogP contribution in [0.15, 0.2) is 28.4 Å². The van der Waals surface area contributed by atoms with Gasteiger partial charge >= 0.3 is 11.8 Å². The number of ether oxygens (including phenoxy) is 1. The maximum atomic E-state index is 12.9. The highest BCUT2D eigenvalue weighted by molar-refractivity contribution is 5.97. The van der Waals surface area contributed by atoms with E-state index in [1.165, 1.54) is 13.2 Å². The molecule has 1 aliphatic heterocycles. The fourth-order valence-electron chi connectivity index (χ4n) is 1.82. The highest BCUT2D eigenvalue weighted by Crippen LogP contribution is 2.52. The lowest BCUT2D eigenvalue weighted by atomic mass is 10.00. The summed E-state index contributed by atoms with van der Waals surface area (Å²) in [6.45, 7) is 0.502. The fraction of sp³-hybridized carbons (Fsp3) is 0.417. The molecule has 0 saturated carbocycles. The van der Waals surface area contributed by atoms with Gasteiger partial charge in [-0.25, -0.2) is 0 Å². The molecule has 1 aromatic rings. The first-order valence-electron chi connectivity index (χ1n) is 6.03. The van der Waals surface area contributed by atoms with E-state index in [1.807, 2.05) is 0 Å². The molecular formula is C12H13F3N4O2. The molecule has 0 aliphatic carbocycles. The normalized spacial score (nSPS) is 15.7. The first-order valence-corrected chi connectivity index (χ1v) is 6.03. The lowest BCUT2D eigenvalue weighted by Crippen LogP contribution is -2.31. The lowest BCUT2D eigenvalue weighted by molar-refractivity contribution is -0.166. The van der Waals surface area contributed by atoms with Crippen molar-refractivity contribution in [2.24, 2.45) is 16.0 Å². The van der Waals surface area contributed by atoms with E-state index in [9.17, 15) is 18.0 Å². The second-order valence-corrected chi connectivity index (χ2v) is 4.33. The second-order valence-electron chi connectivity index (χ2n) is 4.33. The Kier molecular flexibility index (Phi) is 3.86. The zero-order valence-corrected chi connectivity index (χ0v) is 11.1. The summed E-state index contributed by atoms with van der Waals surface area (Å²) in [5.74, 6) is -0.461. The topological polar surface area (TPSA) is 89.1 Å². The molecular weight excluding hydrogens is 289 g/mol. The standard InChI is InChI=1S/C12H13F3N4O2/c1-21-9-6-7(11(18-19-11)12(13,14)15)2-3-8(9)10(20)17-5-4-16/h2-3,6H,4-5,16H2,1H3,(H,17,20). The number of halogens is 3. The number of methoxy groups -OCH3 is 1. The molecule has 9 heteroatoms. The van der Waals surface area contributed by atoms with E-state index in [1.54, 1.807) is 0 Å². The van der Waals surface area contributed by atoms with Crippen molar-refractivity contribution in [3.8, 4) is 5.75 Å². The van der Waals surface area contributed by atoms with Crippen molar-refractivity contribution in [2.75, 3.05) is 20.2 Å². The highest BCUT2D eigenvalue weighted by atomic mass is 19.4. The SMILES string of the molecule is COc1cc(C2(C(F)(F)F)N=N2)ccc1C(=O)NCCN. The first-order chi connectivity index (χ1) is 9.85. The van der Waals surface area contributed by atoms with Gasteiger partial charge in [-0.05, 0) is 12.1 Å². The van der Waals surface area contributed by atoms with E-state index in [-0.39, 0.29) is 30.0 Å². The van der Waals surface area contributed by atoms with Crippen LogP contribution in [-0.2, 0) is 5.66 Å². The van der Waals surface area contributed by atoms with Crippen LogP contribution in [0.4, 0.5) is 13.2 Å². The minimum Gasteiger partial charge on any atom is -0.496 e. The highest BCUT2D eigenvalue weighted by Gasteiger charge is 2.65. The molecule has 2 rings (SSSR count). The van der Waals surface area contributed by atoms with Gasteiger partial charge in [0.05, 0.1) is 12.7 Å². The number of nitrogens with one attached hydrogen (secondary N) is 1. The van der Waals surface area contributed by atoms with E-state index in [0.29, 0.717) is 0 Å². The Bertz CT molecular complexity index is 580.